The number of hydrogen-bond acceptors (Lipinski definition) is 4. The van der Waals surface area contributed by atoms with Gasteiger partial charge in [0.05, 0.1) is 20.8 Å². The zero-order chi connectivity index (χ0) is 14.1. The maximum absolute atomic E-state index is 11.1. The topological polar surface area (TPSA) is 44.8 Å². The summed E-state index contributed by atoms with van der Waals surface area (Å²) in [5, 5.41) is 0. The van der Waals surface area contributed by atoms with Crippen LogP contribution in [0.15, 0.2) is 18.2 Å². The van der Waals surface area contributed by atoms with Gasteiger partial charge in [-0.25, -0.2) is 0 Å². The quantitative estimate of drug-likeness (QED) is 0.536. The van der Waals surface area contributed by atoms with Crippen LogP contribution in [0.5, 0.6) is 11.5 Å². The van der Waals surface area contributed by atoms with Gasteiger partial charge in [0.15, 0.2) is 11.5 Å². The largest absolute Gasteiger partial charge is 0.493 e. The molecule has 106 valence electrons. The molecule has 4 nitrogen and oxygen atoms in total. The maximum atomic E-state index is 11.1. The van der Waals surface area contributed by atoms with Gasteiger partial charge >= 0.3 is 5.97 Å². The first-order valence-electron chi connectivity index (χ1n) is 6.57. The Morgan fingerprint density at radius 2 is 2.00 bits per heavy atom. The number of esters is 1. The van der Waals surface area contributed by atoms with Crippen molar-refractivity contribution in [3.05, 3.63) is 23.8 Å². The second-order valence-corrected chi connectivity index (χ2v) is 4.26. The second-order valence-electron chi connectivity index (χ2n) is 4.26. The Bertz CT molecular complexity index is 401. The van der Waals surface area contributed by atoms with Gasteiger partial charge < -0.3 is 14.2 Å². The number of aryl methyl sites for hydroxylation is 1. The number of hydrogen-bond donors (Lipinski definition) is 0. The molecule has 1 aromatic rings. The van der Waals surface area contributed by atoms with E-state index in [4.69, 9.17) is 9.47 Å². The van der Waals surface area contributed by atoms with Crippen LogP contribution in [0.4, 0.5) is 0 Å². The van der Waals surface area contributed by atoms with Crippen LogP contribution >= 0.6 is 0 Å². The zero-order valence-electron chi connectivity index (χ0n) is 11.9. The summed E-state index contributed by atoms with van der Waals surface area (Å²) in [4.78, 5) is 11.1. The van der Waals surface area contributed by atoms with E-state index in [9.17, 15) is 4.79 Å². The lowest BCUT2D eigenvalue weighted by molar-refractivity contribution is -0.140. The highest BCUT2D eigenvalue weighted by atomic mass is 16.5. The van der Waals surface area contributed by atoms with Crippen molar-refractivity contribution in [3.8, 4) is 11.5 Å². The van der Waals surface area contributed by atoms with Gasteiger partial charge in [-0.05, 0) is 30.5 Å². The SMILES string of the molecule is CCCCOc1cc(CCC(=O)OC)ccc1OC. The van der Waals surface area contributed by atoms with Crippen molar-refractivity contribution in [2.24, 2.45) is 0 Å². The average molecular weight is 266 g/mol. The van der Waals surface area contributed by atoms with E-state index in [0.717, 1.165) is 29.9 Å². The molecule has 0 aromatic heterocycles. The van der Waals surface area contributed by atoms with Crippen molar-refractivity contribution in [2.45, 2.75) is 32.6 Å². The normalized spacial score (nSPS) is 10.1. The first-order chi connectivity index (χ1) is 9.21. The van der Waals surface area contributed by atoms with Crippen molar-refractivity contribution in [1.82, 2.24) is 0 Å². The van der Waals surface area contributed by atoms with Crippen LogP contribution in [-0.2, 0) is 16.0 Å². The van der Waals surface area contributed by atoms with Gasteiger partial charge in [0.2, 0.25) is 0 Å². The third kappa shape index (κ3) is 5.20. The molecule has 0 aliphatic rings. The lowest BCUT2D eigenvalue weighted by Crippen LogP contribution is -2.03. The number of carbonyl (C=O) groups is 1. The van der Waals surface area contributed by atoms with E-state index in [1.54, 1.807) is 7.11 Å². The summed E-state index contributed by atoms with van der Waals surface area (Å²) in [7, 11) is 3.02. The number of methoxy groups -OCH3 is 2. The van der Waals surface area contributed by atoms with Crippen LogP contribution in [-0.4, -0.2) is 26.8 Å². The summed E-state index contributed by atoms with van der Waals surface area (Å²) in [6, 6.07) is 5.74. The maximum Gasteiger partial charge on any atom is 0.305 e. The van der Waals surface area contributed by atoms with Crippen LogP contribution in [0.1, 0.15) is 31.7 Å². The smallest absolute Gasteiger partial charge is 0.305 e. The van der Waals surface area contributed by atoms with Crippen molar-refractivity contribution >= 4 is 5.97 Å². The van der Waals surface area contributed by atoms with Gasteiger partial charge in [-0.2, -0.15) is 0 Å². The molecular weight excluding hydrogens is 244 g/mol. The van der Waals surface area contributed by atoms with E-state index in [-0.39, 0.29) is 5.97 Å². The highest BCUT2D eigenvalue weighted by Crippen LogP contribution is 2.28. The van der Waals surface area contributed by atoms with Crippen LogP contribution in [0.3, 0.4) is 0 Å². The Hall–Kier alpha value is -1.71. The summed E-state index contributed by atoms with van der Waals surface area (Å²) >= 11 is 0. The van der Waals surface area contributed by atoms with Crippen LogP contribution in [0.25, 0.3) is 0 Å². The summed E-state index contributed by atoms with van der Waals surface area (Å²) in [5.74, 6) is 1.25. The summed E-state index contributed by atoms with van der Waals surface area (Å²) in [6.07, 6.45) is 3.11. The molecule has 0 aliphatic carbocycles. The fourth-order valence-electron chi connectivity index (χ4n) is 1.66. The standard InChI is InChI=1S/C15H22O4/c1-4-5-10-19-14-11-12(6-8-13(14)17-2)7-9-15(16)18-3/h6,8,11H,4-5,7,9-10H2,1-3H3. The molecule has 0 spiro atoms. The molecule has 0 unspecified atom stereocenters. The fourth-order valence-corrected chi connectivity index (χ4v) is 1.66. The van der Waals surface area contributed by atoms with Gasteiger partial charge in [-0.15, -0.1) is 0 Å². The minimum Gasteiger partial charge on any atom is -0.493 e. The number of rotatable bonds is 8. The van der Waals surface area contributed by atoms with E-state index in [1.165, 1.54) is 7.11 Å². The van der Waals surface area contributed by atoms with Crippen LogP contribution in [0, 0.1) is 0 Å². The van der Waals surface area contributed by atoms with Crippen LogP contribution < -0.4 is 9.47 Å². The van der Waals surface area contributed by atoms with Crippen LogP contribution in [0.2, 0.25) is 0 Å². The van der Waals surface area contributed by atoms with E-state index in [1.807, 2.05) is 18.2 Å². The molecule has 0 radical (unpaired) electrons. The number of carbonyl (C=O) groups excluding carboxylic acids is 1. The Kier molecular flexibility index (Phi) is 6.79. The number of unbranched alkanes of at least 4 members (excludes halogenated alkanes) is 1. The Balaban J connectivity index is 2.68. The average Bonchev–Trinajstić information content (AvgIpc) is 2.45. The number of ether oxygens (including phenoxy) is 3. The third-order valence-corrected chi connectivity index (χ3v) is 2.83. The molecule has 0 saturated heterocycles. The van der Waals surface area contributed by atoms with E-state index in [2.05, 4.69) is 11.7 Å². The first kappa shape index (κ1) is 15.3. The fraction of sp³-hybridized carbons (Fsp3) is 0.533. The first-order valence-corrected chi connectivity index (χ1v) is 6.57. The predicted molar refractivity (Wildman–Crippen MR) is 73.7 cm³/mol. The molecular formula is C15H22O4. The minimum absolute atomic E-state index is 0.204. The highest BCUT2D eigenvalue weighted by Gasteiger charge is 2.07. The molecule has 0 atom stereocenters. The molecule has 4 heteroatoms. The lowest BCUT2D eigenvalue weighted by Gasteiger charge is -2.12. The molecule has 1 rings (SSSR count). The Morgan fingerprint density at radius 1 is 1.21 bits per heavy atom. The Labute approximate surface area is 114 Å². The van der Waals surface area contributed by atoms with Crippen molar-refractivity contribution < 1.29 is 19.0 Å². The molecule has 0 heterocycles. The second kappa shape index (κ2) is 8.40. The molecule has 0 N–H and O–H groups in total. The predicted octanol–water partition coefficient (Wildman–Crippen LogP) is 2.98. The van der Waals surface area contributed by atoms with Gasteiger partial charge in [0, 0.05) is 6.42 Å². The number of benzene rings is 1. The summed E-state index contributed by atoms with van der Waals surface area (Å²) < 4.78 is 15.6. The highest BCUT2D eigenvalue weighted by molar-refractivity contribution is 5.69. The molecule has 19 heavy (non-hydrogen) atoms. The Morgan fingerprint density at radius 3 is 2.63 bits per heavy atom. The van der Waals surface area contributed by atoms with Crippen molar-refractivity contribution in [3.63, 3.8) is 0 Å². The molecule has 0 saturated carbocycles. The molecule has 0 fully saturated rings. The van der Waals surface area contributed by atoms with Crippen molar-refractivity contribution in [2.75, 3.05) is 20.8 Å². The van der Waals surface area contributed by atoms with E-state index in [0.29, 0.717) is 19.4 Å². The van der Waals surface area contributed by atoms with Crippen molar-refractivity contribution in [1.29, 1.82) is 0 Å². The molecule has 0 amide bonds. The molecule has 0 bridgehead atoms. The van der Waals surface area contributed by atoms with E-state index < -0.39 is 0 Å². The zero-order valence-corrected chi connectivity index (χ0v) is 11.9. The van der Waals surface area contributed by atoms with Gasteiger partial charge in [0.25, 0.3) is 0 Å². The third-order valence-electron chi connectivity index (χ3n) is 2.83. The van der Waals surface area contributed by atoms with E-state index >= 15 is 0 Å². The summed E-state index contributed by atoms with van der Waals surface area (Å²) in [6.45, 7) is 2.79. The monoisotopic (exact) mass is 266 g/mol. The van der Waals surface area contributed by atoms with Gasteiger partial charge in [-0.1, -0.05) is 19.4 Å². The van der Waals surface area contributed by atoms with Gasteiger partial charge in [-0.3, -0.25) is 4.79 Å². The minimum atomic E-state index is -0.204. The summed E-state index contributed by atoms with van der Waals surface area (Å²) in [5.41, 5.74) is 1.04. The lowest BCUT2D eigenvalue weighted by atomic mass is 10.1. The van der Waals surface area contributed by atoms with Gasteiger partial charge in [0.1, 0.15) is 0 Å². The molecule has 0 aliphatic heterocycles. The molecule has 1 aromatic carbocycles.